The molecule has 1 aromatic heterocycles. The summed E-state index contributed by atoms with van der Waals surface area (Å²) in [6, 6.07) is 12.0. The van der Waals surface area contributed by atoms with Gasteiger partial charge in [0.15, 0.2) is 5.43 Å². The molecule has 1 unspecified atom stereocenters. The molecular weight excluding hydrogens is 452 g/mol. The van der Waals surface area contributed by atoms with E-state index in [-0.39, 0.29) is 17.1 Å². The molecule has 1 amide bonds. The molecule has 1 atom stereocenters. The highest BCUT2D eigenvalue weighted by atomic mass is 35.5. The molecule has 0 N–H and O–H groups in total. The van der Waals surface area contributed by atoms with Gasteiger partial charge < -0.3 is 19.0 Å². The number of ether oxygens (including phenoxy) is 1. The molecule has 7 heteroatoms. The van der Waals surface area contributed by atoms with Gasteiger partial charge in [-0.1, -0.05) is 49.9 Å². The highest BCUT2D eigenvalue weighted by Gasteiger charge is 2.42. The molecule has 3 aromatic rings. The second-order valence-corrected chi connectivity index (χ2v) is 9.43. The number of hydrogen-bond donors (Lipinski definition) is 0. The minimum absolute atomic E-state index is 0.111. The van der Waals surface area contributed by atoms with E-state index in [1.807, 2.05) is 43.3 Å². The molecule has 1 aliphatic heterocycles. The Hall–Kier alpha value is -2.83. The Morgan fingerprint density at radius 1 is 1.06 bits per heavy atom. The molecule has 4 rings (SSSR count). The summed E-state index contributed by atoms with van der Waals surface area (Å²) in [5, 5.41) is 0.830. The first kappa shape index (κ1) is 24.3. The van der Waals surface area contributed by atoms with E-state index in [0.29, 0.717) is 41.3 Å². The summed E-state index contributed by atoms with van der Waals surface area (Å²) < 4.78 is 11.8. The molecule has 0 saturated heterocycles. The largest absolute Gasteiger partial charge is 0.494 e. The van der Waals surface area contributed by atoms with E-state index in [1.165, 1.54) is 12.8 Å². The minimum Gasteiger partial charge on any atom is -0.494 e. The molecule has 0 spiro atoms. The Labute approximate surface area is 205 Å². The third-order valence-electron chi connectivity index (χ3n) is 6.18. The minimum atomic E-state index is -0.527. The van der Waals surface area contributed by atoms with Crippen LogP contribution in [0.25, 0.3) is 11.0 Å². The number of carbonyl (C=O) groups is 1. The average molecular weight is 483 g/mol. The van der Waals surface area contributed by atoms with Gasteiger partial charge in [0.1, 0.15) is 11.3 Å². The Morgan fingerprint density at radius 3 is 2.53 bits per heavy atom. The second kappa shape index (κ2) is 10.6. The standard InChI is InChI=1S/C27H31ClN2O4/c1-4-5-6-7-16-33-20-11-8-18(9-12-20)24-23-25(31)21-17-19(28)10-13-22(21)34-26(23)27(32)30(24)15-14-29(2)3/h8-13,17,24H,4-7,14-16H2,1-3H3. The van der Waals surface area contributed by atoms with Crippen LogP contribution in [0.15, 0.2) is 51.7 Å². The molecule has 2 heterocycles. The van der Waals surface area contributed by atoms with Gasteiger partial charge in [0, 0.05) is 18.1 Å². The summed E-state index contributed by atoms with van der Waals surface area (Å²) >= 11 is 6.15. The molecular formula is C27H31ClN2O4. The third kappa shape index (κ3) is 4.98. The molecule has 1 aliphatic rings. The monoisotopic (exact) mass is 482 g/mol. The first-order chi connectivity index (χ1) is 16.4. The third-order valence-corrected chi connectivity index (χ3v) is 6.41. The number of amides is 1. The van der Waals surface area contributed by atoms with Crippen molar-refractivity contribution in [3.05, 3.63) is 74.6 Å². The van der Waals surface area contributed by atoms with E-state index in [2.05, 4.69) is 6.92 Å². The van der Waals surface area contributed by atoms with Crippen LogP contribution < -0.4 is 10.2 Å². The van der Waals surface area contributed by atoms with Crippen LogP contribution in [-0.2, 0) is 0 Å². The van der Waals surface area contributed by atoms with Crippen LogP contribution in [0.2, 0.25) is 5.02 Å². The lowest BCUT2D eigenvalue weighted by molar-refractivity contribution is 0.0716. The van der Waals surface area contributed by atoms with E-state index in [1.54, 1.807) is 23.1 Å². The van der Waals surface area contributed by atoms with Crippen LogP contribution >= 0.6 is 11.6 Å². The summed E-state index contributed by atoms with van der Waals surface area (Å²) in [5.74, 6) is 0.619. The number of rotatable bonds is 10. The topological polar surface area (TPSA) is 63.0 Å². The Bertz CT molecular complexity index is 1220. The smallest absolute Gasteiger partial charge is 0.290 e. The number of likely N-dealkylation sites (N-methyl/N-ethyl adjacent to an activating group) is 1. The molecule has 0 bridgehead atoms. The highest BCUT2D eigenvalue weighted by Crippen LogP contribution is 2.38. The Kier molecular flexibility index (Phi) is 7.59. The van der Waals surface area contributed by atoms with E-state index >= 15 is 0 Å². The Balaban J connectivity index is 1.69. The van der Waals surface area contributed by atoms with Crippen LogP contribution in [0, 0.1) is 0 Å². The average Bonchev–Trinajstić information content (AvgIpc) is 3.10. The van der Waals surface area contributed by atoms with Crippen molar-refractivity contribution < 1.29 is 13.9 Å². The zero-order valence-corrected chi connectivity index (χ0v) is 20.7. The van der Waals surface area contributed by atoms with E-state index in [4.69, 9.17) is 20.8 Å². The summed E-state index contributed by atoms with van der Waals surface area (Å²) in [6.07, 6.45) is 4.58. The van der Waals surface area contributed by atoms with Crippen LogP contribution in [-0.4, -0.2) is 49.5 Å². The number of fused-ring (bicyclic) bond motifs is 2. The maximum Gasteiger partial charge on any atom is 0.290 e. The fourth-order valence-electron chi connectivity index (χ4n) is 4.34. The summed E-state index contributed by atoms with van der Waals surface area (Å²) in [7, 11) is 3.91. The molecule has 0 radical (unpaired) electrons. The molecule has 180 valence electrons. The Morgan fingerprint density at radius 2 is 1.82 bits per heavy atom. The van der Waals surface area contributed by atoms with Crippen LogP contribution in [0.1, 0.15) is 60.3 Å². The highest BCUT2D eigenvalue weighted by molar-refractivity contribution is 6.31. The number of benzene rings is 2. The van der Waals surface area contributed by atoms with E-state index in [9.17, 15) is 9.59 Å². The molecule has 2 aromatic carbocycles. The number of carbonyl (C=O) groups excluding carboxylic acids is 1. The SMILES string of the molecule is CCCCCCOc1ccc(C2c3c(oc4ccc(Cl)cc4c3=O)C(=O)N2CCN(C)C)cc1. The van der Waals surface area contributed by atoms with E-state index in [0.717, 1.165) is 24.2 Å². The van der Waals surface area contributed by atoms with Crippen molar-refractivity contribution in [1.82, 2.24) is 9.80 Å². The second-order valence-electron chi connectivity index (χ2n) is 9.00. The summed E-state index contributed by atoms with van der Waals surface area (Å²) in [4.78, 5) is 30.6. The van der Waals surface area contributed by atoms with E-state index < -0.39 is 6.04 Å². The van der Waals surface area contributed by atoms with Gasteiger partial charge in [0.2, 0.25) is 5.76 Å². The number of nitrogens with zero attached hydrogens (tertiary/aromatic N) is 2. The number of unbranched alkanes of at least 4 members (excludes halogenated alkanes) is 3. The molecule has 0 aliphatic carbocycles. The quantitative estimate of drug-likeness (QED) is 0.356. The maximum atomic E-state index is 13.5. The number of hydrogen-bond acceptors (Lipinski definition) is 5. The fourth-order valence-corrected chi connectivity index (χ4v) is 4.51. The number of halogens is 1. The lowest BCUT2D eigenvalue weighted by Gasteiger charge is -2.26. The lowest BCUT2D eigenvalue weighted by Crippen LogP contribution is -2.35. The predicted octanol–water partition coefficient (Wildman–Crippen LogP) is 5.51. The summed E-state index contributed by atoms with van der Waals surface area (Å²) in [5.41, 5.74) is 1.35. The van der Waals surface area contributed by atoms with Crippen molar-refractivity contribution in [2.24, 2.45) is 0 Å². The van der Waals surface area contributed by atoms with Crippen molar-refractivity contribution >= 4 is 28.5 Å². The molecule has 34 heavy (non-hydrogen) atoms. The normalized spacial score (nSPS) is 15.4. The van der Waals surface area contributed by atoms with Crippen molar-refractivity contribution in [2.45, 2.75) is 38.6 Å². The van der Waals surface area contributed by atoms with Gasteiger partial charge in [-0.3, -0.25) is 9.59 Å². The van der Waals surface area contributed by atoms with Crippen LogP contribution in [0.3, 0.4) is 0 Å². The van der Waals surface area contributed by atoms with Gasteiger partial charge in [-0.15, -0.1) is 0 Å². The van der Waals surface area contributed by atoms with Crippen molar-refractivity contribution in [3.63, 3.8) is 0 Å². The lowest BCUT2D eigenvalue weighted by atomic mass is 9.98. The summed E-state index contributed by atoms with van der Waals surface area (Å²) in [6.45, 7) is 3.99. The first-order valence-corrected chi connectivity index (χ1v) is 12.2. The van der Waals surface area contributed by atoms with Gasteiger partial charge in [-0.05, 0) is 56.4 Å². The van der Waals surface area contributed by atoms with Crippen molar-refractivity contribution in [2.75, 3.05) is 33.8 Å². The van der Waals surface area contributed by atoms with Crippen molar-refractivity contribution in [3.8, 4) is 5.75 Å². The van der Waals surface area contributed by atoms with Gasteiger partial charge in [0.25, 0.3) is 5.91 Å². The maximum absolute atomic E-state index is 13.5. The van der Waals surface area contributed by atoms with Crippen LogP contribution in [0.4, 0.5) is 0 Å². The fraction of sp³-hybridized carbons (Fsp3) is 0.407. The predicted molar refractivity (Wildman–Crippen MR) is 135 cm³/mol. The van der Waals surface area contributed by atoms with Gasteiger partial charge in [-0.25, -0.2) is 0 Å². The zero-order chi connectivity index (χ0) is 24.2. The van der Waals surface area contributed by atoms with Crippen LogP contribution in [0.5, 0.6) is 5.75 Å². The first-order valence-electron chi connectivity index (χ1n) is 11.9. The van der Waals surface area contributed by atoms with Gasteiger partial charge >= 0.3 is 0 Å². The molecule has 0 fully saturated rings. The molecule has 0 saturated carbocycles. The molecule has 6 nitrogen and oxygen atoms in total. The van der Waals surface area contributed by atoms with Crippen molar-refractivity contribution in [1.29, 1.82) is 0 Å². The van der Waals surface area contributed by atoms with Gasteiger partial charge in [-0.2, -0.15) is 0 Å². The zero-order valence-electron chi connectivity index (χ0n) is 20.0. The van der Waals surface area contributed by atoms with Gasteiger partial charge in [0.05, 0.1) is 23.6 Å².